The zero-order chi connectivity index (χ0) is 16.9. The Balaban J connectivity index is 1.49. The van der Waals surface area contributed by atoms with E-state index >= 15 is 0 Å². The van der Waals surface area contributed by atoms with E-state index in [0.29, 0.717) is 12.2 Å². The fraction of sp³-hybridized carbons (Fsp3) is 0.211. The van der Waals surface area contributed by atoms with Crippen LogP contribution in [0.1, 0.15) is 11.1 Å². The highest BCUT2D eigenvalue weighted by atomic mass is 16.6. The number of phenols is 1. The van der Waals surface area contributed by atoms with Gasteiger partial charge in [0, 0.05) is 17.0 Å². The molecule has 0 saturated carbocycles. The van der Waals surface area contributed by atoms with Crippen molar-refractivity contribution in [2.45, 2.75) is 13.3 Å². The van der Waals surface area contributed by atoms with Crippen LogP contribution in [0.3, 0.4) is 0 Å². The molecular formula is C19H18O5. The molecule has 0 unspecified atom stereocenters. The summed E-state index contributed by atoms with van der Waals surface area (Å²) >= 11 is 0. The molecule has 124 valence electrons. The highest BCUT2D eigenvalue weighted by molar-refractivity contribution is 5.86. The molecule has 0 aliphatic heterocycles. The second-order valence-electron chi connectivity index (χ2n) is 5.45. The summed E-state index contributed by atoms with van der Waals surface area (Å²) in [5.74, 6) is 0.563. The lowest BCUT2D eigenvalue weighted by molar-refractivity contribution is -0.143. The number of hydrogen-bond acceptors (Lipinski definition) is 5. The molecule has 2 aromatic carbocycles. The van der Waals surface area contributed by atoms with Gasteiger partial charge in [-0.05, 0) is 30.7 Å². The first kappa shape index (κ1) is 15.9. The molecule has 3 rings (SSSR count). The van der Waals surface area contributed by atoms with Gasteiger partial charge in [-0.25, -0.2) is 0 Å². The number of carbonyl (C=O) groups excluding carboxylic acids is 1. The van der Waals surface area contributed by atoms with Crippen LogP contribution in [0.25, 0.3) is 11.0 Å². The fourth-order valence-corrected chi connectivity index (χ4v) is 2.44. The number of esters is 1. The van der Waals surface area contributed by atoms with Crippen LogP contribution in [-0.2, 0) is 16.0 Å². The molecular weight excluding hydrogens is 308 g/mol. The summed E-state index contributed by atoms with van der Waals surface area (Å²) in [5.41, 5.74) is 2.31. The van der Waals surface area contributed by atoms with E-state index < -0.39 is 0 Å². The summed E-state index contributed by atoms with van der Waals surface area (Å²) in [7, 11) is 0. The monoisotopic (exact) mass is 326 g/mol. The topological polar surface area (TPSA) is 68.9 Å². The van der Waals surface area contributed by atoms with Crippen molar-refractivity contribution in [2.24, 2.45) is 0 Å². The minimum atomic E-state index is -0.348. The van der Waals surface area contributed by atoms with Gasteiger partial charge in [0.15, 0.2) is 0 Å². The highest BCUT2D eigenvalue weighted by Crippen LogP contribution is 2.25. The second kappa shape index (κ2) is 7.08. The van der Waals surface area contributed by atoms with Crippen molar-refractivity contribution < 1.29 is 23.8 Å². The Morgan fingerprint density at radius 2 is 2.00 bits per heavy atom. The standard InChI is InChI=1S/C19H18O5/c1-13-4-2-3-5-17(13)22-8-9-23-19(21)10-14-12-24-18-11-15(20)6-7-16(14)18/h2-7,11-12,20H,8-10H2,1H3. The van der Waals surface area contributed by atoms with Gasteiger partial charge in [0.05, 0.1) is 12.7 Å². The molecule has 0 spiro atoms. The van der Waals surface area contributed by atoms with Crippen molar-refractivity contribution >= 4 is 16.9 Å². The third-order valence-electron chi connectivity index (χ3n) is 3.67. The van der Waals surface area contributed by atoms with E-state index in [1.165, 1.54) is 12.3 Å². The molecule has 1 N–H and O–H groups in total. The number of benzene rings is 2. The van der Waals surface area contributed by atoms with Gasteiger partial charge in [-0.2, -0.15) is 0 Å². The smallest absolute Gasteiger partial charge is 0.310 e. The van der Waals surface area contributed by atoms with E-state index in [9.17, 15) is 9.90 Å². The van der Waals surface area contributed by atoms with E-state index in [0.717, 1.165) is 22.3 Å². The molecule has 0 fully saturated rings. The Labute approximate surface area is 139 Å². The minimum Gasteiger partial charge on any atom is -0.508 e. The van der Waals surface area contributed by atoms with Crippen LogP contribution in [0.4, 0.5) is 0 Å². The summed E-state index contributed by atoms with van der Waals surface area (Å²) in [4.78, 5) is 11.9. The Hall–Kier alpha value is -2.95. The van der Waals surface area contributed by atoms with Crippen LogP contribution in [0.15, 0.2) is 53.1 Å². The number of fused-ring (bicyclic) bond motifs is 1. The Morgan fingerprint density at radius 1 is 1.17 bits per heavy atom. The molecule has 5 heteroatoms. The number of ether oxygens (including phenoxy) is 2. The SMILES string of the molecule is Cc1ccccc1OCCOC(=O)Cc1coc2cc(O)ccc12. The summed E-state index contributed by atoms with van der Waals surface area (Å²) in [5, 5.41) is 10.2. The van der Waals surface area contributed by atoms with E-state index in [2.05, 4.69) is 0 Å². The van der Waals surface area contributed by atoms with Gasteiger partial charge in [-0.15, -0.1) is 0 Å². The van der Waals surface area contributed by atoms with Crippen molar-refractivity contribution in [3.8, 4) is 11.5 Å². The molecule has 0 saturated heterocycles. The highest BCUT2D eigenvalue weighted by Gasteiger charge is 2.12. The average Bonchev–Trinajstić information content (AvgIpc) is 2.95. The van der Waals surface area contributed by atoms with Gasteiger partial charge in [-0.1, -0.05) is 18.2 Å². The van der Waals surface area contributed by atoms with Crippen LogP contribution in [0.5, 0.6) is 11.5 Å². The predicted molar refractivity (Wildman–Crippen MR) is 89.2 cm³/mol. The number of phenolic OH excluding ortho intramolecular Hbond substituents is 1. The first-order valence-electron chi connectivity index (χ1n) is 7.66. The number of carbonyl (C=O) groups is 1. The second-order valence-corrected chi connectivity index (χ2v) is 5.45. The van der Waals surface area contributed by atoms with Crippen molar-refractivity contribution in [2.75, 3.05) is 13.2 Å². The van der Waals surface area contributed by atoms with Gasteiger partial charge >= 0.3 is 5.97 Å². The Kier molecular flexibility index (Phi) is 4.70. The molecule has 1 aromatic heterocycles. The molecule has 0 amide bonds. The van der Waals surface area contributed by atoms with E-state index in [1.54, 1.807) is 12.1 Å². The van der Waals surface area contributed by atoms with Crippen molar-refractivity contribution in [3.05, 3.63) is 59.9 Å². The van der Waals surface area contributed by atoms with Crippen LogP contribution in [0, 0.1) is 6.92 Å². The van der Waals surface area contributed by atoms with Crippen LogP contribution in [0.2, 0.25) is 0 Å². The fourth-order valence-electron chi connectivity index (χ4n) is 2.44. The molecule has 0 aliphatic carbocycles. The molecule has 0 aliphatic rings. The number of furan rings is 1. The molecule has 3 aromatic rings. The zero-order valence-electron chi connectivity index (χ0n) is 13.3. The van der Waals surface area contributed by atoms with Gasteiger partial charge in [0.1, 0.15) is 30.3 Å². The number of hydrogen-bond donors (Lipinski definition) is 1. The Bertz CT molecular complexity index is 850. The lowest BCUT2D eigenvalue weighted by Crippen LogP contribution is -2.14. The number of aryl methyl sites for hydroxylation is 1. The van der Waals surface area contributed by atoms with Gasteiger partial charge in [-0.3, -0.25) is 4.79 Å². The third kappa shape index (κ3) is 3.68. The summed E-state index contributed by atoms with van der Waals surface area (Å²) < 4.78 is 16.1. The normalized spacial score (nSPS) is 10.7. The van der Waals surface area contributed by atoms with E-state index in [4.69, 9.17) is 13.9 Å². The van der Waals surface area contributed by atoms with Crippen LogP contribution < -0.4 is 4.74 Å². The molecule has 5 nitrogen and oxygen atoms in total. The molecule has 0 bridgehead atoms. The van der Waals surface area contributed by atoms with Crippen molar-refractivity contribution in [1.82, 2.24) is 0 Å². The lowest BCUT2D eigenvalue weighted by Gasteiger charge is -2.09. The molecule has 0 radical (unpaired) electrons. The molecule has 24 heavy (non-hydrogen) atoms. The Morgan fingerprint density at radius 3 is 2.83 bits per heavy atom. The van der Waals surface area contributed by atoms with E-state index in [1.807, 2.05) is 31.2 Å². The largest absolute Gasteiger partial charge is 0.508 e. The summed E-state index contributed by atoms with van der Waals surface area (Å²) in [6, 6.07) is 12.5. The third-order valence-corrected chi connectivity index (χ3v) is 3.67. The maximum absolute atomic E-state index is 11.9. The maximum Gasteiger partial charge on any atom is 0.310 e. The summed E-state index contributed by atoms with van der Waals surface area (Å²) in [6.45, 7) is 2.45. The van der Waals surface area contributed by atoms with Gasteiger partial charge < -0.3 is 19.0 Å². The number of para-hydroxylation sites is 1. The van der Waals surface area contributed by atoms with Gasteiger partial charge in [0.25, 0.3) is 0 Å². The van der Waals surface area contributed by atoms with Crippen LogP contribution >= 0.6 is 0 Å². The lowest BCUT2D eigenvalue weighted by atomic mass is 10.1. The zero-order valence-corrected chi connectivity index (χ0v) is 13.3. The first-order chi connectivity index (χ1) is 11.6. The quantitative estimate of drug-likeness (QED) is 0.553. The van der Waals surface area contributed by atoms with Crippen LogP contribution in [-0.4, -0.2) is 24.3 Å². The maximum atomic E-state index is 11.9. The predicted octanol–water partition coefficient (Wildman–Crippen LogP) is 3.61. The van der Waals surface area contributed by atoms with E-state index in [-0.39, 0.29) is 24.7 Å². The average molecular weight is 326 g/mol. The summed E-state index contributed by atoms with van der Waals surface area (Å²) in [6.07, 6.45) is 1.62. The number of aromatic hydroxyl groups is 1. The molecule has 0 atom stereocenters. The van der Waals surface area contributed by atoms with Crippen molar-refractivity contribution in [3.63, 3.8) is 0 Å². The first-order valence-corrected chi connectivity index (χ1v) is 7.66. The number of rotatable bonds is 6. The molecule has 1 heterocycles. The minimum absolute atomic E-state index is 0.113. The van der Waals surface area contributed by atoms with Gasteiger partial charge in [0.2, 0.25) is 0 Å². The van der Waals surface area contributed by atoms with Crippen molar-refractivity contribution in [1.29, 1.82) is 0 Å².